The van der Waals surface area contributed by atoms with Crippen LogP contribution >= 0.6 is 57.5 Å². The topological polar surface area (TPSA) is 130 Å². The quantitative estimate of drug-likeness (QED) is 0.397. The summed E-state index contributed by atoms with van der Waals surface area (Å²) in [5.74, 6) is -1.11. The van der Waals surface area contributed by atoms with E-state index in [1.54, 1.807) is 5.38 Å². The van der Waals surface area contributed by atoms with Gasteiger partial charge in [0.1, 0.15) is 22.1 Å². The van der Waals surface area contributed by atoms with Crippen LogP contribution in [-0.4, -0.2) is 60.9 Å². The number of carboxylic acid groups (broad SMARTS) is 1. The average molecular weight is 517 g/mol. The van der Waals surface area contributed by atoms with Crippen molar-refractivity contribution in [2.45, 2.75) is 35.5 Å². The number of aromatic nitrogens is 2. The molecule has 0 saturated carbocycles. The third-order valence-corrected chi connectivity index (χ3v) is 10.1. The fraction of sp³-hybridized carbons (Fsp3) is 0.412. The molecule has 2 unspecified atom stereocenters. The van der Waals surface area contributed by atoms with Gasteiger partial charge < -0.3 is 10.4 Å². The Morgan fingerprint density at radius 3 is 2.77 bits per heavy atom. The lowest BCUT2D eigenvalue weighted by Gasteiger charge is -2.49. The van der Waals surface area contributed by atoms with E-state index in [-0.39, 0.29) is 22.1 Å². The molecule has 0 aromatic carbocycles. The van der Waals surface area contributed by atoms with Crippen LogP contribution in [0.25, 0.3) is 0 Å². The van der Waals surface area contributed by atoms with Crippen molar-refractivity contribution in [3.05, 3.63) is 35.4 Å². The molecule has 0 radical (unpaired) electrons. The summed E-state index contributed by atoms with van der Waals surface area (Å²) in [6.45, 7) is 1.99. The molecule has 2 aliphatic rings. The fourth-order valence-corrected chi connectivity index (χ4v) is 8.16. The fourth-order valence-electron chi connectivity index (χ4n) is 3.11. The molecule has 1 fully saturated rings. The number of hydrogen-bond acceptors (Lipinski definition) is 11. The summed E-state index contributed by atoms with van der Waals surface area (Å²) >= 11 is 6.35. The highest BCUT2D eigenvalue weighted by molar-refractivity contribution is 8.01. The van der Waals surface area contributed by atoms with Gasteiger partial charge in [-0.2, -0.15) is 0 Å². The maximum atomic E-state index is 12.7. The summed E-state index contributed by atoms with van der Waals surface area (Å²) in [7, 11) is 0. The number of carboxylic acids is 1. The normalized spacial score (nSPS) is 20.4. The highest BCUT2D eigenvalue weighted by Gasteiger charge is 2.54. The molecule has 0 aliphatic carbocycles. The Morgan fingerprint density at radius 1 is 1.32 bits per heavy atom. The number of nitrogens with zero attached hydrogens (tertiary/aromatic N) is 3. The summed E-state index contributed by atoms with van der Waals surface area (Å²) in [5.41, 5.74) is 0.635. The predicted octanol–water partition coefficient (Wildman–Crippen LogP) is 1.66. The van der Waals surface area contributed by atoms with E-state index in [1.807, 2.05) is 6.92 Å². The average Bonchev–Trinajstić information content (AvgIpc) is 3.38. The van der Waals surface area contributed by atoms with E-state index in [0.29, 0.717) is 22.0 Å². The van der Waals surface area contributed by atoms with E-state index in [9.17, 15) is 24.3 Å². The Hall–Kier alpha value is -1.74. The number of carbonyl (C=O) groups excluding carboxylic acids is 2. The number of thioether (sulfide) groups is 2. The van der Waals surface area contributed by atoms with Crippen LogP contribution in [0, 0.1) is 0 Å². The first kappa shape index (κ1) is 22.5. The van der Waals surface area contributed by atoms with Crippen LogP contribution in [0.1, 0.15) is 16.8 Å². The third-order valence-electron chi connectivity index (χ3n) is 4.52. The summed E-state index contributed by atoms with van der Waals surface area (Å²) in [4.78, 5) is 50.1. The lowest BCUT2D eigenvalue weighted by atomic mass is 10.0. The van der Waals surface area contributed by atoms with Gasteiger partial charge in [-0.3, -0.25) is 19.3 Å². The zero-order valence-electron chi connectivity index (χ0n) is 16.0. The van der Waals surface area contributed by atoms with Crippen LogP contribution in [-0.2, 0) is 27.2 Å². The van der Waals surface area contributed by atoms with Gasteiger partial charge in [-0.05, 0) is 12.0 Å². The summed E-state index contributed by atoms with van der Waals surface area (Å²) < 4.78 is 0.676. The molecule has 2 N–H and O–H groups in total. The van der Waals surface area contributed by atoms with Crippen LogP contribution in [0.15, 0.2) is 25.8 Å². The SMILES string of the molecule is CCc1nnc(SCC2=C(C(=O)O)N3C(=O)C(NC(=O)Cc4csc(=O)s4)C3SC2)s1. The van der Waals surface area contributed by atoms with Gasteiger partial charge in [0, 0.05) is 21.8 Å². The molecule has 164 valence electrons. The monoisotopic (exact) mass is 516 g/mol. The lowest BCUT2D eigenvalue weighted by Crippen LogP contribution is -2.70. The minimum atomic E-state index is -1.16. The number of nitrogens with one attached hydrogen (secondary N) is 1. The highest BCUT2D eigenvalue weighted by atomic mass is 32.2. The number of hydrogen-bond donors (Lipinski definition) is 2. The molecule has 4 heterocycles. The van der Waals surface area contributed by atoms with Crippen molar-refractivity contribution in [2.75, 3.05) is 11.5 Å². The summed E-state index contributed by atoms with van der Waals surface area (Å²) in [6.07, 6.45) is 0.815. The van der Waals surface area contributed by atoms with Crippen LogP contribution in [0.2, 0.25) is 0 Å². The zero-order valence-corrected chi connectivity index (χ0v) is 20.1. The second kappa shape index (κ2) is 9.40. The third kappa shape index (κ3) is 4.72. The highest BCUT2D eigenvalue weighted by Crippen LogP contribution is 2.41. The molecule has 2 amide bonds. The molecule has 0 spiro atoms. The molecule has 9 nitrogen and oxygen atoms in total. The van der Waals surface area contributed by atoms with Crippen molar-refractivity contribution in [2.24, 2.45) is 0 Å². The first-order valence-corrected chi connectivity index (χ1v) is 13.6. The predicted molar refractivity (Wildman–Crippen MR) is 122 cm³/mol. The van der Waals surface area contributed by atoms with E-state index in [1.165, 1.54) is 39.8 Å². The molecule has 4 rings (SSSR count). The van der Waals surface area contributed by atoms with Gasteiger partial charge in [0.2, 0.25) is 5.91 Å². The van der Waals surface area contributed by atoms with Gasteiger partial charge in [0.05, 0.1) is 6.42 Å². The minimum absolute atomic E-state index is 0.0111. The van der Waals surface area contributed by atoms with Crippen molar-refractivity contribution >= 4 is 75.3 Å². The van der Waals surface area contributed by atoms with Crippen LogP contribution in [0.3, 0.4) is 0 Å². The lowest BCUT2D eigenvalue weighted by molar-refractivity contribution is -0.150. The standard InChI is InChI=1S/C17H16N4O5S5/c1-2-10-19-20-16(31-10)28-5-7-4-27-14-11(13(23)21(14)12(7)15(24)25)18-9(22)3-8-6-29-17(26)30-8/h6,11,14H,2-5H2,1H3,(H,18,22)(H,24,25). The summed E-state index contributed by atoms with van der Waals surface area (Å²) in [5, 5.41) is 22.7. The molecular formula is C17H16N4O5S5. The number of β-lactam (4-membered cyclic amide) rings is 1. The van der Waals surface area contributed by atoms with E-state index < -0.39 is 23.3 Å². The smallest absolute Gasteiger partial charge is 0.352 e. The van der Waals surface area contributed by atoms with Gasteiger partial charge in [0.15, 0.2) is 4.34 Å². The van der Waals surface area contributed by atoms with E-state index in [2.05, 4.69) is 15.5 Å². The Balaban J connectivity index is 1.42. The molecule has 2 atom stereocenters. The summed E-state index contributed by atoms with van der Waals surface area (Å²) in [6, 6.07) is -0.772. The number of carbonyl (C=O) groups is 3. The van der Waals surface area contributed by atoms with Crippen molar-refractivity contribution in [3.63, 3.8) is 0 Å². The minimum Gasteiger partial charge on any atom is -0.477 e. The van der Waals surface area contributed by atoms with E-state index in [0.717, 1.165) is 38.4 Å². The molecule has 2 aromatic rings. The van der Waals surface area contributed by atoms with Crippen molar-refractivity contribution in [3.8, 4) is 0 Å². The van der Waals surface area contributed by atoms with Crippen LogP contribution in [0.4, 0.5) is 0 Å². The molecule has 1 saturated heterocycles. The van der Waals surface area contributed by atoms with Gasteiger partial charge >= 0.3 is 5.97 Å². The second-order valence-electron chi connectivity index (χ2n) is 6.55. The van der Waals surface area contributed by atoms with Crippen LogP contribution in [0.5, 0.6) is 0 Å². The van der Waals surface area contributed by atoms with E-state index in [4.69, 9.17) is 0 Å². The zero-order chi connectivity index (χ0) is 22.1. The molecule has 0 bridgehead atoms. The number of fused-ring (bicyclic) bond motifs is 1. The van der Waals surface area contributed by atoms with Gasteiger partial charge in [-0.1, -0.05) is 52.7 Å². The van der Waals surface area contributed by atoms with Gasteiger partial charge in [-0.25, -0.2) is 4.79 Å². The van der Waals surface area contributed by atoms with Crippen molar-refractivity contribution < 1.29 is 19.5 Å². The maximum Gasteiger partial charge on any atom is 0.352 e. The molecule has 14 heteroatoms. The number of aryl methyl sites for hydroxylation is 1. The Morgan fingerprint density at radius 2 is 2.13 bits per heavy atom. The Labute approximate surface area is 197 Å². The Bertz CT molecular complexity index is 1120. The van der Waals surface area contributed by atoms with E-state index >= 15 is 0 Å². The number of amides is 2. The molecule has 2 aliphatic heterocycles. The molecule has 31 heavy (non-hydrogen) atoms. The van der Waals surface area contributed by atoms with Crippen molar-refractivity contribution in [1.29, 1.82) is 0 Å². The number of rotatable bonds is 8. The molecule has 2 aromatic heterocycles. The van der Waals surface area contributed by atoms with Crippen LogP contribution < -0.4 is 9.37 Å². The first-order valence-electron chi connectivity index (χ1n) is 9.09. The Kier molecular flexibility index (Phi) is 6.81. The van der Waals surface area contributed by atoms with Crippen molar-refractivity contribution in [1.82, 2.24) is 20.4 Å². The number of aliphatic carboxylic acids is 1. The maximum absolute atomic E-state index is 12.7. The second-order valence-corrected chi connectivity index (χ2v) is 12.1. The molecular weight excluding hydrogens is 501 g/mol. The largest absolute Gasteiger partial charge is 0.477 e. The first-order chi connectivity index (χ1) is 14.9. The van der Waals surface area contributed by atoms with Gasteiger partial charge in [0.25, 0.3) is 9.96 Å². The van der Waals surface area contributed by atoms with Gasteiger partial charge in [-0.15, -0.1) is 22.0 Å².